The molecule has 406 valence electrons. The smallest absolute Gasteiger partial charge is 0.271 e. The summed E-state index contributed by atoms with van der Waals surface area (Å²) in [6.45, 7) is 8.85. The largest absolute Gasteiger partial charge is 0.356 e. The number of unbranched alkanes of at least 4 members (excludes halogenated alkanes) is 20. The Morgan fingerprint density at radius 3 is 0.987 bits per heavy atom. The second kappa shape index (κ2) is 24.1. The number of hydrogen-bond acceptors (Lipinski definition) is 6. The van der Waals surface area contributed by atoms with Crippen LogP contribution in [0.15, 0.2) is 95.5 Å². The number of para-hydroxylation sites is 1. The highest BCUT2D eigenvalue weighted by Gasteiger charge is 2.31. The van der Waals surface area contributed by atoms with Gasteiger partial charge in [-0.1, -0.05) is 212 Å². The molecule has 10 rings (SSSR count). The lowest BCUT2D eigenvalue weighted by molar-refractivity contribution is 0.381. The summed E-state index contributed by atoms with van der Waals surface area (Å²) >= 11 is 0. The third kappa shape index (κ3) is 9.87. The maximum atomic E-state index is 15.6. The van der Waals surface area contributed by atoms with Gasteiger partial charge in [0.05, 0.1) is 27.5 Å². The molecule has 0 aliphatic heterocycles. The van der Waals surface area contributed by atoms with Crippen LogP contribution in [-0.2, 0) is 0 Å². The first-order valence-corrected chi connectivity index (χ1v) is 30.2. The number of aromatic nitrogens is 5. The van der Waals surface area contributed by atoms with Crippen LogP contribution in [0.3, 0.4) is 0 Å². The number of nitrogens with zero attached hydrogens (tertiary/aromatic N) is 5. The van der Waals surface area contributed by atoms with Gasteiger partial charge in [-0.05, 0) is 72.9 Å². The molecule has 6 aromatic carbocycles. The summed E-state index contributed by atoms with van der Waals surface area (Å²) in [6, 6.07) is 19.3. The number of rotatable bonds is 31. The molecule has 0 unspecified atom stereocenters. The average Bonchev–Trinajstić information content (AvgIpc) is 3.81. The van der Waals surface area contributed by atoms with Crippen molar-refractivity contribution >= 4 is 75.7 Å². The zero-order chi connectivity index (χ0) is 53.7. The van der Waals surface area contributed by atoms with E-state index in [2.05, 4.69) is 27.7 Å². The predicted molar refractivity (Wildman–Crippen MR) is 321 cm³/mol. The predicted octanol–water partition coefficient (Wildman–Crippen LogP) is 15.5. The third-order valence-corrected chi connectivity index (χ3v) is 17.6. The molecular formula is C66H81N5O6. The Morgan fingerprint density at radius 1 is 0.325 bits per heavy atom. The molecule has 0 saturated heterocycles. The van der Waals surface area contributed by atoms with Crippen molar-refractivity contribution in [2.24, 2.45) is 0 Å². The van der Waals surface area contributed by atoms with Crippen molar-refractivity contribution in [3.8, 4) is 5.69 Å². The lowest BCUT2D eigenvalue weighted by atomic mass is 9.84. The van der Waals surface area contributed by atoms with E-state index in [0.29, 0.717) is 70.6 Å². The van der Waals surface area contributed by atoms with Crippen LogP contribution in [0.1, 0.15) is 220 Å². The Kier molecular flexibility index (Phi) is 16.9. The Morgan fingerprint density at radius 2 is 0.636 bits per heavy atom. The molecule has 0 bridgehead atoms. The molecule has 0 saturated carbocycles. The zero-order valence-electron chi connectivity index (χ0n) is 46.5. The molecule has 10 aromatic rings. The SMILES string of the molecule is CCCCCCCCC(CCCCCCCC)n1c(=O)c2ccc3c4ccc5c(=O)n(C(CCCCCCCC)CCCCCCCC)c(=O)c6cc7c(c4c56)c4c3c2c(cc4n2c(=O)n(-c3ccccc3)c(=O)n72)c1=O. The van der Waals surface area contributed by atoms with Crippen molar-refractivity contribution in [3.05, 3.63) is 129 Å². The van der Waals surface area contributed by atoms with Gasteiger partial charge < -0.3 is 0 Å². The van der Waals surface area contributed by atoms with E-state index >= 15 is 28.8 Å². The summed E-state index contributed by atoms with van der Waals surface area (Å²) < 4.78 is 6.96. The van der Waals surface area contributed by atoms with Crippen LogP contribution in [0.5, 0.6) is 0 Å². The third-order valence-electron chi connectivity index (χ3n) is 17.6. The number of pyridine rings is 2. The Labute approximate surface area is 450 Å². The maximum Gasteiger partial charge on any atom is 0.356 e. The average molecular weight is 1040 g/mol. The van der Waals surface area contributed by atoms with Crippen molar-refractivity contribution in [2.75, 3.05) is 0 Å². The highest BCUT2D eigenvalue weighted by molar-refractivity contribution is 6.44. The van der Waals surface area contributed by atoms with E-state index in [9.17, 15) is 0 Å². The van der Waals surface area contributed by atoms with Crippen LogP contribution in [0.25, 0.3) is 81.4 Å². The van der Waals surface area contributed by atoms with E-state index < -0.39 is 11.4 Å². The number of fused-ring (bicyclic) bond motifs is 4. The maximum absolute atomic E-state index is 15.6. The van der Waals surface area contributed by atoms with Crippen LogP contribution in [0.4, 0.5) is 0 Å². The van der Waals surface area contributed by atoms with Crippen molar-refractivity contribution in [1.82, 2.24) is 22.7 Å². The summed E-state index contributed by atoms with van der Waals surface area (Å²) in [4.78, 5) is 92.2. The van der Waals surface area contributed by atoms with Crippen LogP contribution >= 0.6 is 0 Å². The molecule has 0 aliphatic carbocycles. The van der Waals surface area contributed by atoms with Gasteiger partial charge in [0.1, 0.15) is 0 Å². The quantitative estimate of drug-likeness (QED) is 0.0242. The van der Waals surface area contributed by atoms with E-state index in [1.807, 2.05) is 30.3 Å². The fraction of sp³-hybridized carbons (Fsp3) is 0.515. The Balaban J connectivity index is 1.24. The van der Waals surface area contributed by atoms with Crippen molar-refractivity contribution in [3.63, 3.8) is 0 Å². The molecular weight excluding hydrogens is 959 g/mol. The molecule has 0 fully saturated rings. The number of hydrogen-bond donors (Lipinski definition) is 0. The molecule has 0 atom stereocenters. The van der Waals surface area contributed by atoms with Crippen LogP contribution in [0.2, 0.25) is 0 Å². The van der Waals surface area contributed by atoms with Gasteiger partial charge in [-0.15, -0.1) is 0 Å². The minimum Gasteiger partial charge on any atom is -0.271 e. The minimum atomic E-state index is -0.623. The second-order valence-electron chi connectivity index (χ2n) is 22.8. The molecule has 0 amide bonds. The lowest BCUT2D eigenvalue weighted by Gasteiger charge is -2.24. The normalized spacial score (nSPS) is 12.6. The van der Waals surface area contributed by atoms with E-state index in [-0.39, 0.29) is 34.3 Å². The molecule has 11 nitrogen and oxygen atoms in total. The standard InChI is InChI=1S/C66H81N5O6/c1-5-9-13-17-21-26-32-44(33-27-22-18-14-10-6-2)67-61(72)49-40-38-47-48-39-41-50-56-52(64(75)68(62(50)73)45(34-28-23-19-15-11-7-3)35-29-24-20-16-12-8-4)43-54-60(58(48)56)59-53(42-51(63(67)74)55(49)57(47)59)70-65(76)69(66(77)71(54)70)46-36-30-25-31-37-46/h25,30-31,36-45H,5-24,26-29,32-35H2,1-4H3. The van der Waals surface area contributed by atoms with Crippen LogP contribution < -0.4 is 33.6 Å². The zero-order valence-corrected chi connectivity index (χ0v) is 46.5. The summed E-state index contributed by atoms with van der Waals surface area (Å²) in [6.07, 6.45) is 29.3. The van der Waals surface area contributed by atoms with Crippen LogP contribution in [-0.4, -0.2) is 22.7 Å². The van der Waals surface area contributed by atoms with Crippen LogP contribution in [0, 0.1) is 0 Å². The molecule has 0 spiro atoms. The first-order chi connectivity index (χ1) is 37.7. The van der Waals surface area contributed by atoms with Gasteiger partial charge in [0, 0.05) is 55.2 Å². The van der Waals surface area contributed by atoms with Gasteiger partial charge >= 0.3 is 11.4 Å². The van der Waals surface area contributed by atoms with Gasteiger partial charge in [0.15, 0.2) is 0 Å². The highest BCUT2D eigenvalue weighted by atomic mass is 16.2. The van der Waals surface area contributed by atoms with E-state index in [0.717, 1.165) is 144 Å². The van der Waals surface area contributed by atoms with Gasteiger partial charge in [-0.2, -0.15) is 9.03 Å². The molecule has 0 radical (unpaired) electrons. The van der Waals surface area contributed by atoms with Crippen molar-refractivity contribution in [1.29, 1.82) is 0 Å². The number of benzene rings is 6. The molecule has 77 heavy (non-hydrogen) atoms. The first-order valence-electron chi connectivity index (χ1n) is 30.2. The van der Waals surface area contributed by atoms with Gasteiger partial charge in [0.25, 0.3) is 22.2 Å². The molecule has 4 aromatic heterocycles. The summed E-state index contributed by atoms with van der Waals surface area (Å²) in [5.74, 6) is 0. The summed E-state index contributed by atoms with van der Waals surface area (Å²) in [5, 5.41) is 6.60. The van der Waals surface area contributed by atoms with E-state index in [4.69, 9.17) is 0 Å². The highest BCUT2D eigenvalue weighted by Crippen LogP contribution is 2.48. The van der Waals surface area contributed by atoms with Gasteiger partial charge in [-0.3, -0.25) is 28.3 Å². The van der Waals surface area contributed by atoms with Gasteiger partial charge in [-0.25, -0.2) is 14.2 Å². The first kappa shape index (κ1) is 54.0. The Hall–Kier alpha value is -6.36. The van der Waals surface area contributed by atoms with E-state index in [1.54, 1.807) is 36.4 Å². The molecule has 0 N–H and O–H groups in total. The van der Waals surface area contributed by atoms with Crippen molar-refractivity contribution in [2.45, 2.75) is 220 Å². The summed E-state index contributed by atoms with van der Waals surface area (Å²) in [5.41, 5.74) is -1.55. The second-order valence-corrected chi connectivity index (χ2v) is 22.8. The fourth-order valence-electron chi connectivity index (χ4n) is 13.6. The monoisotopic (exact) mass is 1040 g/mol. The molecule has 11 heteroatoms. The fourth-order valence-corrected chi connectivity index (χ4v) is 13.6. The summed E-state index contributed by atoms with van der Waals surface area (Å²) in [7, 11) is 0. The Bertz CT molecular complexity index is 3720. The van der Waals surface area contributed by atoms with E-state index in [1.165, 1.54) is 69.5 Å². The molecule has 0 aliphatic rings. The van der Waals surface area contributed by atoms with Gasteiger partial charge in [0.2, 0.25) is 0 Å². The van der Waals surface area contributed by atoms with Crippen molar-refractivity contribution < 1.29 is 0 Å². The molecule has 4 heterocycles. The minimum absolute atomic E-state index is 0.298. The lowest BCUT2D eigenvalue weighted by Crippen LogP contribution is -2.37. The topological polar surface area (TPSA) is 126 Å².